The van der Waals surface area contributed by atoms with Crippen LogP contribution in [0.1, 0.15) is 46.1 Å². The van der Waals surface area contributed by atoms with Gasteiger partial charge in [0.25, 0.3) is 0 Å². The molecule has 0 aliphatic carbocycles. The predicted molar refractivity (Wildman–Crippen MR) is 95.8 cm³/mol. The normalized spacial score (nSPS) is 14.2. The third kappa shape index (κ3) is 8.03. The fourth-order valence-electron chi connectivity index (χ4n) is 2.39. The summed E-state index contributed by atoms with van der Waals surface area (Å²) in [4.78, 5) is 13.6. The van der Waals surface area contributed by atoms with E-state index in [4.69, 9.17) is 4.74 Å². The molecule has 0 saturated carbocycles. The van der Waals surface area contributed by atoms with E-state index in [1.165, 1.54) is 5.56 Å². The smallest absolute Gasteiger partial charge is 0.410 e. The summed E-state index contributed by atoms with van der Waals surface area (Å²) < 4.78 is 5.37. The molecule has 130 valence electrons. The molecule has 23 heavy (non-hydrogen) atoms. The van der Waals surface area contributed by atoms with Gasteiger partial charge in [0.1, 0.15) is 5.60 Å². The molecule has 0 aliphatic heterocycles. The maximum atomic E-state index is 11.9. The number of carbonyl (C=O) groups is 1. The summed E-state index contributed by atoms with van der Waals surface area (Å²) >= 11 is 0. The van der Waals surface area contributed by atoms with Crippen molar-refractivity contribution < 1.29 is 9.53 Å². The lowest BCUT2D eigenvalue weighted by molar-refractivity contribution is 0.0277. The highest BCUT2D eigenvalue weighted by molar-refractivity contribution is 5.67. The molecule has 0 fully saturated rings. The third-order valence-electron chi connectivity index (χ3n) is 3.60. The molecule has 0 aromatic heterocycles. The van der Waals surface area contributed by atoms with Crippen molar-refractivity contribution in [2.75, 3.05) is 26.7 Å². The quantitative estimate of drug-likeness (QED) is 0.829. The third-order valence-corrected chi connectivity index (χ3v) is 3.60. The number of ether oxygens (including phenoxy) is 1. The summed E-state index contributed by atoms with van der Waals surface area (Å²) in [6.07, 6.45) is -0.262. The summed E-state index contributed by atoms with van der Waals surface area (Å²) in [6, 6.07) is 10.5. The SMILES string of the molecule is CC(CNCC(C)c1ccccc1)CN(C)C(=O)OC(C)(C)C. The van der Waals surface area contributed by atoms with Crippen molar-refractivity contribution in [1.29, 1.82) is 0 Å². The van der Waals surface area contributed by atoms with Crippen molar-refractivity contribution in [3.05, 3.63) is 35.9 Å². The van der Waals surface area contributed by atoms with Crippen LogP contribution in [-0.4, -0.2) is 43.3 Å². The Labute approximate surface area is 141 Å². The van der Waals surface area contributed by atoms with E-state index in [-0.39, 0.29) is 6.09 Å². The minimum atomic E-state index is -0.446. The number of hydrogen-bond donors (Lipinski definition) is 1. The van der Waals surface area contributed by atoms with Crippen molar-refractivity contribution in [1.82, 2.24) is 10.2 Å². The predicted octanol–water partition coefficient (Wildman–Crippen LogP) is 3.88. The second-order valence-corrected chi connectivity index (χ2v) is 7.44. The first-order valence-corrected chi connectivity index (χ1v) is 8.39. The highest BCUT2D eigenvalue weighted by atomic mass is 16.6. The van der Waals surface area contributed by atoms with Crippen molar-refractivity contribution in [2.45, 2.75) is 46.1 Å². The van der Waals surface area contributed by atoms with Crippen LogP contribution < -0.4 is 5.32 Å². The summed E-state index contributed by atoms with van der Waals surface area (Å²) in [5, 5.41) is 3.50. The zero-order valence-electron chi connectivity index (χ0n) is 15.4. The first-order valence-electron chi connectivity index (χ1n) is 8.39. The number of amides is 1. The summed E-state index contributed by atoms with van der Waals surface area (Å²) in [7, 11) is 1.79. The molecule has 1 N–H and O–H groups in total. The van der Waals surface area contributed by atoms with Crippen LogP contribution in [0.15, 0.2) is 30.3 Å². The zero-order valence-corrected chi connectivity index (χ0v) is 15.4. The molecule has 4 nitrogen and oxygen atoms in total. The molecule has 1 aromatic carbocycles. The molecule has 1 rings (SSSR count). The van der Waals surface area contributed by atoms with Gasteiger partial charge in [0.05, 0.1) is 0 Å². The molecule has 1 aromatic rings. The minimum Gasteiger partial charge on any atom is -0.444 e. The first kappa shape index (κ1) is 19.5. The lowest BCUT2D eigenvalue weighted by atomic mass is 10.0. The molecule has 2 unspecified atom stereocenters. The Morgan fingerprint density at radius 2 is 1.78 bits per heavy atom. The largest absolute Gasteiger partial charge is 0.444 e. The number of nitrogens with zero attached hydrogens (tertiary/aromatic N) is 1. The molecule has 4 heteroatoms. The van der Waals surface area contributed by atoms with Crippen LogP contribution in [0.3, 0.4) is 0 Å². The topological polar surface area (TPSA) is 41.6 Å². The van der Waals surface area contributed by atoms with Gasteiger partial charge >= 0.3 is 6.09 Å². The number of carbonyl (C=O) groups excluding carboxylic acids is 1. The molecule has 2 atom stereocenters. The average molecular weight is 320 g/mol. The van der Waals surface area contributed by atoms with Crippen LogP contribution in [0.25, 0.3) is 0 Å². The molecular weight excluding hydrogens is 288 g/mol. The van der Waals surface area contributed by atoms with Crippen molar-refractivity contribution in [3.8, 4) is 0 Å². The van der Waals surface area contributed by atoms with Crippen molar-refractivity contribution in [3.63, 3.8) is 0 Å². The highest BCUT2D eigenvalue weighted by Crippen LogP contribution is 2.13. The standard InChI is InChI=1S/C19H32N2O2/c1-15(14-21(6)18(22)23-19(3,4)5)12-20-13-16(2)17-10-8-7-9-11-17/h7-11,15-16,20H,12-14H2,1-6H3. The van der Waals surface area contributed by atoms with E-state index in [1.54, 1.807) is 11.9 Å². The monoisotopic (exact) mass is 320 g/mol. The van der Waals surface area contributed by atoms with Gasteiger partial charge < -0.3 is 15.0 Å². The van der Waals surface area contributed by atoms with Crippen molar-refractivity contribution in [2.24, 2.45) is 5.92 Å². The number of hydrogen-bond acceptors (Lipinski definition) is 3. The Kier molecular flexibility index (Phi) is 7.56. The molecule has 0 aliphatic rings. The van der Waals surface area contributed by atoms with Gasteiger partial charge in [-0.05, 0) is 44.7 Å². The molecule has 0 radical (unpaired) electrons. The Morgan fingerprint density at radius 1 is 1.17 bits per heavy atom. The van der Waals surface area contributed by atoms with E-state index >= 15 is 0 Å². The van der Waals surface area contributed by atoms with Crippen LogP contribution in [0.4, 0.5) is 4.79 Å². The molecule has 0 heterocycles. The van der Waals surface area contributed by atoms with E-state index in [0.717, 1.165) is 13.1 Å². The second kappa shape index (κ2) is 8.92. The fraction of sp³-hybridized carbons (Fsp3) is 0.632. The van der Waals surface area contributed by atoms with Crippen LogP contribution in [0.2, 0.25) is 0 Å². The minimum absolute atomic E-state index is 0.262. The van der Waals surface area contributed by atoms with Crippen LogP contribution in [0, 0.1) is 5.92 Å². The number of nitrogens with one attached hydrogen (secondary N) is 1. The number of benzene rings is 1. The maximum Gasteiger partial charge on any atom is 0.410 e. The highest BCUT2D eigenvalue weighted by Gasteiger charge is 2.20. The van der Waals surface area contributed by atoms with Gasteiger partial charge in [-0.25, -0.2) is 4.79 Å². The van der Waals surface area contributed by atoms with E-state index in [1.807, 2.05) is 26.8 Å². The molecule has 0 saturated heterocycles. The summed E-state index contributed by atoms with van der Waals surface area (Å²) in [6.45, 7) is 12.5. The number of rotatable bonds is 7. The van der Waals surface area contributed by atoms with Gasteiger partial charge in [-0.15, -0.1) is 0 Å². The zero-order chi connectivity index (χ0) is 17.5. The lowest BCUT2D eigenvalue weighted by Gasteiger charge is -2.26. The Morgan fingerprint density at radius 3 is 2.35 bits per heavy atom. The average Bonchev–Trinajstić information content (AvgIpc) is 2.46. The summed E-state index contributed by atoms with van der Waals surface area (Å²) in [5.74, 6) is 0.850. The van der Waals surface area contributed by atoms with E-state index in [2.05, 4.69) is 43.4 Å². The lowest BCUT2D eigenvalue weighted by Crippen LogP contribution is -2.38. The van der Waals surface area contributed by atoms with Gasteiger partial charge in [0.15, 0.2) is 0 Å². The molecule has 0 spiro atoms. The maximum absolute atomic E-state index is 11.9. The fourth-order valence-corrected chi connectivity index (χ4v) is 2.39. The Bertz CT molecular complexity index is 468. The van der Waals surface area contributed by atoms with E-state index < -0.39 is 5.60 Å². The van der Waals surface area contributed by atoms with E-state index in [9.17, 15) is 4.79 Å². The van der Waals surface area contributed by atoms with Gasteiger partial charge in [0.2, 0.25) is 0 Å². The van der Waals surface area contributed by atoms with Crippen molar-refractivity contribution >= 4 is 6.09 Å². The first-order chi connectivity index (χ1) is 10.7. The van der Waals surface area contributed by atoms with Crippen LogP contribution >= 0.6 is 0 Å². The summed E-state index contributed by atoms with van der Waals surface area (Å²) in [5.41, 5.74) is 0.899. The molecule has 1 amide bonds. The second-order valence-electron chi connectivity index (χ2n) is 7.44. The van der Waals surface area contributed by atoms with Gasteiger partial charge in [0, 0.05) is 20.1 Å². The molecule has 0 bridgehead atoms. The van der Waals surface area contributed by atoms with E-state index in [0.29, 0.717) is 18.4 Å². The Hall–Kier alpha value is -1.55. The van der Waals surface area contributed by atoms with Crippen LogP contribution in [0.5, 0.6) is 0 Å². The van der Waals surface area contributed by atoms with Gasteiger partial charge in [-0.2, -0.15) is 0 Å². The Balaban J connectivity index is 2.28. The van der Waals surface area contributed by atoms with Gasteiger partial charge in [-0.1, -0.05) is 44.2 Å². The molecular formula is C19H32N2O2. The van der Waals surface area contributed by atoms with Gasteiger partial charge in [-0.3, -0.25) is 0 Å². The van der Waals surface area contributed by atoms with Crippen LogP contribution in [-0.2, 0) is 4.74 Å².